The van der Waals surface area contributed by atoms with Crippen LogP contribution in [0.3, 0.4) is 0 Å². The molecule has 0 bridgehead atoms. The van der Waals surface area contributed by atoms with Crippen LogP contribution in [0, 0.1) is 0 Å². The molecule has 3 heterocycles. The minimum atomic E-state index is -1.39. The Morgan fingerprint density at radius 3 is 2.50 bits per heavy atom. The predicted molar refractivity (Wildman–Crippen MR) is 114 cm³/mol. The number of morpholine rings is 1. The van der Waals surface area contributed by atoms with E-state index in [9.17, 15) is 19.5 Å². The average Bonchev–Trinajstić information content (AvgIpc) is 3.15. The lowest BCUT2D eigenvalue weighted by atomic mass is 10.2. The fourth-order valence-corrected chi connectivity index (χ4v) is 3.81. The van der Waals surface area contributed by atoms with Crippen molar-refractivity contribution in [2.24, 2.45) is 0 Å². The molecule has 2 aromatic heterocycles. The fourth-order valence-electron chi connectivity index (χ4n) is 3.81. The Morgan fingerprint density at radius 1 is 1.16 bits per heavy atom. The molecule has 1 fully saturated rings. The lowest BCUT2D eigenvalue weighted by Crippen LogP contribution is -2.49. The Kier molecular flexibility index (Phi) is 5.95. The molecule has 10 nitrogen and oxygen atoms in total. The highest BCUT2D eigenvalue weighted by atomic mass is 16.5. The van der Waals surface area contributed by atoms with Crippen molar-refractivity contribution in [3.05, 3.63) is 64.3 Å². The maximum atomic E-state index is 13.0. The molecule has 1 saturated heterocycles. The summed E-state index contributed by atoms with van der Waals surface area (Å²) in [5.41, 5.74) is -0.361. The van der Waals surface area contributed by atoms with Crippen LogP contribution in [0.2, 0.25) is 0 Å². The third-order valence-electron chi connectivity index (χ3n) is 5.21. The number of ether oxygens (including phenoxy) is 2. The number of carbonyl (C=O) groups excluding carboxylic acids is 1. The summed E-state index contributed by atoms with van der Waals surface area (Å²) < 4.78 is 13.9. The smallest absolute Gasteiger partial charge is 0.358 e. The number of carboxylic acid groups (broad SMARTS) is 1. The van der Waals surface area contributed by atoms with Crippen LogP contribution in [0.5, 0.6) is 5.75 Å². The van der Waals surface area contributed by atoms with E-state index in [-0.39, 0.29) is 42.8 Å². The highest BCUT2D eigenvalue weighted by Crippen LogP contribution is 2.16. The van der Waals surface area contributed by atoms with Gasteiger partial charge in [-0.3, -0.25) is 9.59 Å². The molecule has 10 heteroatoms. The average molecular weight is 440 g/mol. The van der Waals surface area contributed by atoms with Gasteiger partial charge in [0, 0.05) is 25.5 Å². The molecule has 2 atom stereocenters. The number of aromatic nitrogens is 3. The molecule has 4 rings (SSSR count). The Hall–Kier alpha value is -3.66. The molecule has 2 unspecified atom stereocenters. The molecule has 1 N–H and O–H groups in total. The molecule has 0 radical (unpaired) electrons. The summed E-state index contributed by atoms with van der Waals surface area (Å²) in [7, 11) is 0. The van der Waals surface area contributed by atoms with Crippen molar-refractivity contribution < 1.29 is 24.2 Å². The maximum Gasteiger partial charge on any atom is 0.358 e. The number of aromatic carboxylic acids is 1. The summed E-state index contributed by atoms with van der Waals surface area (Å²) in [6.07, 6.45) is 2.82. The van der Waals surface area contributed by atoms with E-state index in [1.54, 1.807) is 17.0 Å². The van der Waals surface area contributed by atoms with Gasteiger partial charge in [-0.05, 0) is 19.4 Å². The second-order valence-electron chi connectivity index (χ2n) is 7.83. The van der Waals surface area contributed by atoms with Crippen LogP contribution in [0.1, 0.15) is 29.9 Å². The van der Waals surface area contributed by atoms with Crippen molar-refractivity contribution in [2.75, 3.05) is 13.1 Å². The van der Waals surface area contributed by atoms with Gasteiger partial charge in [-0.1, -0.05) is 30.3 Å². The van der Waals surface area contributed by atoms with Crippen molar-refractivity contribution in [1.82, 2.24) is 18.9 Å². The number of rotatable bonds is 6. The van der Waals surface area contributed by atoms with Crippen molar-refractivity contribution >= 4 is 17.7 Å². The number of carbonyl (C=O) groups is 2. The molecule has 3 aromatic rings. The van der Waals surface area contributed by atoms with E-state index >= 15 is 0 Å². The molecule has 1 aromatic carbocycles. The third kappa shape index (κ3) is 4.35. The van der Waals surface area contributed by atoms with Gasteiger partial charge in [0.1, 0.15) is 13.2 Å². The zero-order valence-corrected chi connectivity index (χ0v) is 17.8. The number of carboxylic acids is 1. The number of fused-ring (bicyclic) bond motifs is 1. The Bertz CT molecular complexity index is 1190. The SMILES string of the molecule is CC1CN(C(=O)Cn2ccn3c(=O)c(OCc4ccccc4)c(C(=O)O)nc23)CC(C)O1. The lowest BCUT2D eigenvalue weighted by Gasteiger charge is -2.35. The topological polar surface area (TPSA) is 115 Å². The third-order valence-corrected chi connectivity index (χ3v) is 5.21. The summed E-state index contributed by atoms with van der Waals surface area (Å²) >= 11 is 0. The predicted octanol–water partition coefficient (Wildman–Crippen LogP) is 1.41. The second kappa shape index (κ2) is 8.83. The molecule has 1 amide bonds. The number of nitrogens with zero attached hydrogens (tertiary/aromatic N) is 4. The van der Waals surface area contributed by atoms with Gasteiger partial charge in [0.15, 0.2) is 5.69 Å². The first kappa shape index (κ1) is 21.6. The largest absolute Gasteiger partial charge is 0.481 e. The van der Waals surface area contributed by atoms with Gasteiger partial charge in [-0.2, -0.15) is 0 Å². The van der Waals surface area contributed by atoms with E-state index in [2.05, 4.69) is 4.98 Å². The van der Waals surface area contributed by atoms with Crippen LogP contribution in [-0.4, -0.2) is 61.1 Å². The molecule has 0 saturated carbocycles. The van der Waals surface area contributed by atoms with Crippen LogP contribution in [0.15, 0.2) is 47.5 Å². The molecule has 168 valence electrons. The highest BCUT2D eigenvalue weighted by molar-refractivity contribution is 5.89. The number of amides is 1. The van der Waals surface area contributed by atoms with Crippen molar-refractivity contribution in [1.29, 1.82) is 0 Å². The second-order valence-corrected chi connectivity index (χ2v) is 7.83. The Labute approximate surface area is 183 Å². The van der Waals surface area contributed by atoms with Crippen LogP contribution in [-0.2, 0) is 22.7 Å². The Morgan fingerprint density at radius 2 is 1.84 bits per heavy atom. The minimum absolute atomic E-state index is 0.0245. The summed E-state index contributed by atoms with van der Waals surface area (Å²) in [6, 6.07) is 9.09. The normalized spacial score (nSPS) is 18.6. The summed E-state index contributed by atoms with van der Waals surface area (Å²) in [4.78, 5) is 43.4. The first-order valence-corrected chi connectivity index (χ1v) is 10.3. The van der Waals surface area contributed by atoms with Crippen molar-refractivity contribution in [3.8, 4) is 5.75 Å². The maximum absolute atomic E-state index is 13.0. The van der Waals surface area contributed by atoms with E-state index in [0.29, 0.717) is 13.1 Å². The molecule has 0 aliphatic carbocycles. The summed E-state index contributed by atoms with van der Waals surface area (Å²) in [6.45, 7) is 4.68. The first-order valence-electron chi connectivity index (χ1n) is 10.3. The number of benzene rings is 1. The summed E-state index contributed by atoms with van der Waals surface area (Å²) in [5, 5.41) is 9.63. The van der Waals surface area contributed by atoms with Crippen LogP contribution < -0.4 is 10.3 Å². The van der Waals surface area contributed by atoms with Gasteiger partial charge in [0.05, 0.1) is 12.2 Å². The lowest BCUT2D eigenvalue weighted by molar-refractivity contribution is -0.143. The zero-order valence-electron chi connectivity index (χ0n) is 17.8. The highest BCUT2D eigenvalue weighted by Gasteiger charge is 2.27. The van der Waals surface area contributed by atoms with Gasteiger partial charge < -0.3 is 24.0 Å². The van der Waals surface area contributed by atoms with Crippen molar-refractivity contribution in [3.63, 3.8) is 0 Å². The molecule has 1 aliphatic heterocycles. The van der Waals surface area contributed by atoms with Crippen LogP contribution >= 0.6 is 0 Å². The molecular weight excluding hydrogens is 416 g/mol. The van der Waals surface area contributed by atoms with Crippen molar-refractivity contribution in [2.45, 2.75) is 39.2 Å². The molecular formula is C22H24N4O6. The first-order chi connectivity index (χ1) is 15.3. The van der Waals surface area contributed by atoms with Gasteiger partial charge in [0.25, 0.3) is 0 Å². The molecule has 0 spiro atoms. The monoisotopic (exact) mass is 440 g/mol. The minimum Gasteiger partial charge on any atom is -0.481 e. The molecule has 1 aliphatic rings. The quantitative estimate of drug-likeness (QED) is 0.616. The molecule has 32 heavy (non-hydrogen) atoms. The van der Waals surface area contributed by atoms with E-state index in [0.717, 1.165) is 5.56 Å². The van der Waals surface area contributed by atoms with E-state index in [1.165, 1.54) is 21.4 Å². The fraction of sp³-hybridized carbons (Fsp3) is 0.364. The van der Waals surface area contributed by atoms with Gasteiger partial charge in [-0.15, -0.1) is 0 Å². The number of hydrogen-bond donors (Lipinski definition) is 1. The summed E-state index contributed by atoms with van der Waals surface area (Å²) in [5.74, 6) is -1.84. The standard InChI is InChI=1S/C22H24N4O6/c1-14-10-25(11-15(2)32-14)17(27)12-24-8-9-26-20(28)19(18(21(29)30)23-22(24)26)31-13-16-6-4-3-5-7-16/h3-9,14-15H,10-13H2,1-2H3,(H,29,30). The van der Waals surface area contributed by atoms with E-state index in [4.69, 9.17) is 9.47 Å². The van der Waals surface area contributed by atoms with Gasteiger partial charge in [0.2, 0.25) is 17.4 Å². The van der Waals surface area contributed by atoms with E-state index < -0.39 is 17.2 Å². The van der Waals surface area contributed by atoms with Gasteiger partial charge in [-0.25, -0.2) is 14.2 Å². The van der Waals surface area contributed by atoms with Crippen LogP contribution in [0.4, 0.5) is 0 Å². The zero-order chi connectivity index (χ0) is 22.8. The van der Waals surface area contributed by atoms with Crippen LogP contribution in [0.25, 0.3) is 5.78 Å². The van der Waals surface area contributed by atoms with Gasteiger partial charge >= 0.3 is 11.5 Å². The number of imidazole rings is 1. The van der Waals surface area contributed by atoms with E-state index in [1.807, 2.05) is 32.0 Å². The Balaban J connectivity index is 1.63. The number of hydrogen-bond acceptors (Lipinski definition) is 6.